The molecule has 0 aliphatic rings. The van der Waals surface area contributed by atoms with E-state index in [9.17, 15) is 14.4 Å². The number of halogens is 1. The number of benzene rings is 1. The minimum atomic E-state index is -0.570. The lowest BCUT2D eigenvalue weighted by molar-refractivity contribution is -0.116. The number of methoxy groups -OCH3 is 1. The molecule has 0 unspecified atom stereocenters. The number of thiophene rings is 1. The molecule has 158 valence electrons. The second kappa shape index (κ2) is 9.73. The summed E-state index contributed by atoms with van der Waals surface area (Å²) in [6.45, 7) is 1.98. The van der Waals surface area contributed by atoms with Crippen molar-refractivity contribution in [3.63, 3.8) is 0 Å². The van der Waals surface area contributed by atoms with Crippen molar-refractivity contribution in [2.24, 2.45) is 0 Å². The van der Waals surface area contributed by atoms with Gasteiger partial charge in [-0.05, 0) is 24.6 Å². The molecule has 0 atom stereocenters. The second-order valence-corrected chi connectivity index (χ2v) is 7.68. The van der Waals surface area contributed by atoms with Gasteiger partial charge in [0.15, 0.2) is 0 Å². The van der Waals surface area contributed by atoms with Gasteiger partial charge in [-0.25, -0.2) is 9.78 Å². The molecule has 3 aromatic rings. The van der Waals surface area contributed by atoms with Crippen molar-refractivity contribution in [3.8, 4) is 5.75 Å². The Morgan fingerprint density at radius 2 is 2.13 bits per heavy atom. The first kappa shape index (κ1) is 21.8. The van der Waals surface area contributed by atoms with Gasteiger partial charge < -0.3 is 14.8 Å². The summed E-state index contributed by atoms with van der Waals surface area (Å²) < 4.78 is 11.6. The van der Waals surface area contributed by atoms with Gasteiger partial charge in [-0.3, -0.25) is 14.2 Å². The predicted molar refractivity (Wildman–Crippen MR) is 116 cm³/mol. The highest BCUT2D eigenvalue weighted by molar-refractivity contribution is 7.17. The van der Waals surface area contributed by atoms with E-state index in [4.69, 9.17) is 21.1 Å². The number of hydrogen-bond donors (Lipinski definition) is 1. The number of carbonyl (C=O) groups excluding carboxylic acids is 2. The number of amides is 1. The molecule has 10 heteroatoms. The number of nitrogens with zero attached hydrogens (tertiary/aromatic N) is 2. The number of unbranched alkanes of at least 4 members (excludes halogenated alkanes) is 1. The molecule has 0 fully saturated rings. The summed E-state index contributed by atoms with van der Waals surface area (Å²) in [5, 5.41) is 4.79. The Morgan fingerprint density at radius 3 is 2.87 bits per heavy atom. The summed E-state index contributed by atoms with van der Waals surface area (Å²) in [6.07, 6.45) is 2.91. The smallest absolute Gasteiger partial charge is 0.339 e. The Labute approximate surface area is 181 Å². The first-order valence-electron chi connectivity index (χ1n) is 9.21. The Kier molecular flexibility index (Phi) is 7.07. The van der Waals surface area contributed by atoms with Crippen LogP contribution in [-0.2, 0) is 16.1 Å². The zero-order chi connectivity index (χ0) is 21.7. The van der Waals surface area contributed by atoms with Gasteiger partial charge in [-0.1, -0.05) is 24.9 Å². The molecule has 2 aromatic heterocycles. The zero-order valence-electron chi connectivity index (χ0n) is 16.4. The summed E-state index contributed by atoms with van der Waals surface area (Å²) in [4.78, 5) is 42.3. The number of nitrogens with one attached hydrogen (secondary N) is 1. The van der Waals surface area contributed by atoms with Crippen molar-refractivity contribution in [2.75, 3.05) is 19.0 Å². The van der Waals surface area contributed by atoms with Crippen LogP contribution in [0.3, 0.4) is 0 Å². The molecule has 0 saturated heterocycles. The van der Waals surface area contributed by atoms with Gasteiger partial charge in [-0.2, -0.15) is 0 Å². The Hall–Kier alpha value is -2.91. The highest BCUT2D eigenvalue weighted by Crippen LogP contribution is 2.27. The fraction of sp³-hybridized carbons (Fsp3) is 0.300. The van der Waals surface area contributed by atoms with Crippen LogP contribution in [0.1, 0.15) is 30.1 Å². The third-order valence-corrected chi connectivity index (χ3v) is 5.38. The highest BCUT2D eigenvalue weighted by atomic mass is 35.5. The number of rotatable bonds is 8. The number of fused-ring (bicyclic) bond motifs is 1. The zero-order valence-corrected chi connectivity index (χ0v) is 18.0. The van der Waals surface area contributed by atoms with Crippen LogP contribution in [0.2, 0.25) is 5.02 Å². The van der Waals surface area contributed by atoms with Crippen LogP contribution in [-0.4, -0.2) is 35.1 Å². The van der Waals surface area contributed by atoms with E-state index in [1.807, 2.05) is 6.92 Å². The lowest BCUT2D eigenvalue weighted by Crippen LogP contribution is -2.28. The van der Waals surface area contributed by atoms with Crippen LogP contribution < -0.4 is 15.6 Å². The molecule has 3 rings (SSSR count). The van der Waals surface area contributed by atoms with Crippen LogP contribution in [0, 0.1) is 0 Å². The van der Waals surface area contributed by atoms with Crippen LogP contribution in [0.4, 0.5) is 5.69 Å². The van der Waals surface area contributed by atoms with Crippen molar-refractivity contribution in [3.05, 3.63) is 50.8 Å². The molecule has 0 aliphatic heterocycles. The Bertz CT molecular complexity index is 1140. The maximum atomic E-state index is 12.9. The van der Waals surface area contributed by atoms with Crippen LogP contribution in [0.15, 0.2) is 34.7 Å². The summed E-state index contributed by atoms with van der Waals surface area (Å²) in [6, 6.07) is 4.81. The van der Waals surface area contributed by atoms with Crippen molar-refractivity contribution in [1.82, 2.24) is 9.55 Å². The molecule has 0 bridgehead atoms. The Morgan fingerprint density at radius 1 is 1.33 bits per heavy atom. The van der Waals surface area contributed by atoms with E-state index in [0.29, 0.717) is 21.3 Å². The average molecular weight is 450 g/mol. The van der Waals surface area contributed by atoms with E-state index < -0.39 is 17.4 Å². The molecule has 0 radical (unpaired) electrons. The lowest BCUT2D eigenvalue weighted by Gasteiger charge is -2.11. The number of esters is 1. The maximum Gasteiger partial charge on any atom is 0.339 e. The van der Waals surface area contributed by atoms with Gasteiger partial charge in [0.05, 0.1) is 36.7 Å². The van der Waals surface area contributed by atoms with Crippen molar-refractivity contribution in [1.29, 1.82) is 0 Å². The molecule has 8 nitrogen and oxygen atoms in total. The van der Waals surface area contributed by atoms with Gasteiger partial charge >= 0.3 is 5.97 Å². The fourth-order valence-corrected chi connectivity index (χ4v) is 3.78. The number of anilines is 1. The molecule has 1 amide bonds. The number of carbonyl (C=O) groups is 2. The van der Waals surface area contributed by atoms with Crippen molar-refractivity contribution in [2.45, 2.75) is 26.3 Å². The molecule has 0 spiro atoms. The highest BCUT2D eigenvalue weighted by Gasteiger charge is 2.19. The third-order valence-electron chi connectivity index (χ3n) is 4.26. The lowest BCUT2D eigenvalue weighted by atomic mass is 10.2. The summed E-state index contributed by atoms with van der Waals surface area (Å²) >= 11 is 7.15. The standard InChI is InChI=1S/C20H20ClN3O5S/c1-3-4-7-29-20(27)13-10-30-18-17(13)19(26)24(11-22-18)9-16(25)23-14-8-12(21)5-6-15(14)28-2/h5-6,8,10-11H,3-4,7,9H2,1-2H3,(H,23,25). The topological polar surface area (TPSA) is 99.5 Å². The second-order valence-electron chi connectivity index (χ2n) is 6.39. The molecule has 0 saturated carbocycles. The minimum absolute atomic E-state index is 0.150. The van der Waals surface area contributed by atoms with E-state index in [2.05, 4.69) is 10.3 Å². The van der Waals surface area contributed by atoms with Crippen LogP contribution in [0.5, 0.6) is 5.75 Å². The van der Waals surface area contributed by atoms with Gasteiger partial charge in [0, 0.05) is 10.4 Å². The third kappa shape index (κ3) is 4.80. The first-order chi connectivity index (χ1) is 14.4. The average Bonchev–Trinajstić information content (AvgIpc) is 3.15. The van der Waals surface area contributed by atoms with E-state index in [1.165, 1.54) is 24.8 Å². The predicted octanol–water partition coefficient (Wildman–Crippen LogP) is 3.72. The molecule has 30 heavy (non-hydrogen) atoms. The largest absolute Gasteiger partial charge is 0.495 e. The number of aromatic nitrogens is 2. The summed E-state index contributed by atoms with van der Waals surface area (Å²) in [7, 11) is 1.47. The SMILES string of the molecule is CCCCOC(=O)c1csc2ncn(CC(=O)Nc3cc(Cl)ccc3OC)c(=O)c12. The van der Waals surface area contributed by atoms with E-state index in [0.717, 1.165) is 17.4 Å². The van der Waals surface area contributed by atoms with E-state index in [-0.39, 0.29) is 24.1 Å². The van der Waals surface area contributed by atoms with Crippen LogP contribution >= 0.6 is 22.9 Å². The van der Waals surface area contributed by atoms with Gasteiger partial charge in [-0.15, -0.1) is 11.3 Å². The molecule has 1 aromatic carbocycles. The van der Waals surface area contributed by atoms with E-state index >= 15 is 0 Å². The normalized spacial score (nSPS) is 10.8. The molecule has 0 aliphatic carbocycles. The van der Waals surface area contributed by atoms with Crippen molar-refractivity contribution < 1.29 is 19.1 Å². The first-order valence-corrected chi connectivity index (χ1v) is 10.5. The molecular weight excluding hydrogens is 430 g/mol. The van der Waals surface area contributed by atoms with Gasteiger partial charge in [0.2, 0.25) is 5.91 Å². The summed E-state index contributed by atoms with van der Waals surface area (Å²) in [5.41, 5.74) is 0.0552. The van der Waals surface area contributed by atoms with Crippen LogP contribution in [0.25, 0.3) is 10.2 Å². The molecular formula is C20H20ClN3O5S. The van der Waals surface area contributed by atoms with E-state index in [1.54, 1.807) is 23.6 Å². The number of ether oxygens (including phenoxy) is 2. The fourth-order valence-electron chi connectivity index (χ4n) is 2.74. The monoisotopic (exact) mass is 449 g/mol. The van der Waals surface area contributed by atoms with Gasteiger partial charge in [0.1, 0.15) is 17.1 Å². The van der Waals surface area contributed by atoms with Crippen molar-refractivity contribution >= 4 is 50.7 Å². The molecule has 1 N–H and O–H groups in total. The summed E-state index contributed by atoms with van der Waals surface area (Å²) in [5.74, 6) is -0.607. The number of hydrogen-bond acceptors (Lipinski definition) is 7. The quantitative estimate of drug-likeness (QED) is 0.415. The maximum absolute atomic E-state index is 12.9. The Balaban J connectivity index is 1.83. The minimum Gasteiger partial charge on any atom is -0.495 e. The van der Waals surface area contributed by atoms with Gasteiger partial charge in [0.25, 0.3) is 5.56 Å². The molecule has 2 heterocycles.